The maximum absolute atomic E-state index is 13.0. The Labute approximate surface area is 198 Å². The molecule has 0 saturated heterocycles. The molecule has 0 spiro atoms. The fraction of sp³-hybridized carbons (Fsp3) is 0.211. The lowest BCUT2D eigenvalue weighted by Gasteiger charge is -2.11. The minimum atomic E-state index is -4.70. The molecule has 15 heteroatoms. The van der Waals surface area contributed by atoms with Crippen LogP contribution in [0.15, 0.2) is 31.1 Å². The molecule has 4 aromatic rings. The molecule has 176 valence electrons. The Morgan fingerprint density at radius 2 is 1.88 bits per heavy atom. The smallest absolute Gasteiger partial charge is 0.342 e. The molecule has 2 N–H and O–H groups in total. The number of carbonyl (C=O) groups is 2. The lowest BCUT2D eigenvalue weighted by Crippen LogP contribution is -2.27. The second-order valence-corrected chi connectivity index (χ2v) is 8.48. The Balaban J connectivity index is 1.46. The van der Waals surface area contributed by atoms with Crippen LogP contribution < -0.4 is 10.6 Å². The highest BCUT2D eigenvalue weighted by Crippen LogP contribution is 2.35. The van der Waals surface area contributed by atoms with E-state index < -0.39 is 34.6 Å². The van der Waals surface area contributed by atoms with Gasteiger partial charge in [0.05, 0.1) is 29.2 Å². The van der Waals surface area contributed by atoms with E-state index in [-0.39, 0.29) is 16.4 Å². The predicted molar refractivity (Wildman–Crippen MR) is 117 cm³/mol. The fourth-order valence-electron chi connectivity index (χ4n) is 2.93. The lowest BCUT2D eigenvalue weighted by atomic mass is 10.2. The third-order valence-electron chi connectivity index (χ3n) is 4.58. The van der Waals surface area contributed by atoms with Crippen molar-refractivity contribution in [3.63, 3.8) is 0 Å². The molecular weight excluding hydrogens is 497 g/mol. The van der Waals surface area contributed by atoms with Gasteiger partial charge in [-0.25, -0.2) is 24.9 Å². The standard InChI is InChI=1S/C19H14ClF3N8O2S/c1-8(29-17(33)14-13-15(27-6-26-14)31(2)7-28-13)18-25-5-11(34-18)16(32)30-12-3-9(19(21,22)23)10(20)4-24-12/h3-8H,1-2H3,(H,29,33)(H,24,30,32). The molecule has 2 amide bonds. The van der Waals surface area contributed by atoms with Gasteiger partial charge in [0.1, 0.15) is 27.5 Å². The van der Waals surface area contributed by atoms with Crippen molar-refractivity contribution in [1.82, 2.24) is 34.8 Å². The van der Waals surface area contributed by atoms with Crippen molar-refractivity contribution in [2.75, 3.05) is 5.32 Å². The number of alkyl halides is 3. The maximum Gasteiger partial charge on any atom is 0.418 e. The van der Waals surface area contributed by atoms with Crippen LogP contribution in [0.1, 0.15) is 43.7 Å². The number of halogens is 4. The lowest BCUT2D eigenvalue weighted by molar-refractivity contribution is -0.137. The van der Waals surface area contributed by atoms with Crippen LogP contribution >= 0.6 is 22.9 Å². The highest BCUT2D eigenvalue weighted by molar-refractivity contribution is 7.13. The van der Waals surface area contributed by atoms with E-state index in [1.807, 2.05) is 0 Å². The summed E-state index contributed by atoms with van der Waals surface area (Å²) in [5, 5.41) is 4.83. The fourth-order valence-corrected chi connectivity index (χ4v) is 3.96. The summed E-state index contributed by atoms with van der Waals surface area (Å²) in [6.07, 6.45) is 0.125. The zero-order chi connectivity index (χ0) is 24.6. The van der Waals surface area contributed by atoms with E-state index in [1.165, 1.54) is 18.9 Å². The molecule has 0 radical (unpaired) electrons. The van der Waals surface area contributed by atoms with Crippen LogP contribution in [-0.4, -0.2) is 41.3 Å². The number of fused-ring (bicyclic) bond motifs is 1. The predicted octanol–water partition coefficient (Wildman–Crippen LogP) is 3.63. The van der Waals surface area contributed by atoms with Gasteiger partial charge in [-0.15, -0.1) is 11.3 Å². The second kappa shape index (κ2) is 8.95. The minimum Gasteiger partial charge on any atom is -0.342 e. The number of hydrogen-bond acceptors (Lipinski definition) is 8. The third-order valence-corrected chi connectivity index (χ3v) is 6.06. The molecular formula is C19H14ClF3N8O2S. The number of hydrogen-bond donors (Lipinski definition) is 2. The van der Waals surface area contributed by atoms with Crippen molar-refractivity contribution in [2.24, 2.45) is 7.05 Å². The number of imidazole rings is 1. The van der Waals surface area contributed by atoms with Gasteiger partial charge in [-0.2, -0.15) is 13.2 Å². The summed E-state index contributed by atoms with van der Waals surface area (Å²) < 4.78 is 40.7. The highest BCUT2D eigenvalue weighted by atomic mass is 35.5. The summed E-state index contributed by atoms with van der Waals surface area (Å²) in [5.41, 5.74) is -0.207. The van der Waals surface area contributed by atoms with Gasteiger partial charge in [-0.1, -0.05) is 11.6 Å². The Bertz CT molecular complexity index is 1400. The number of aromatic nitrogens is 6. The quantitative estimate of drug-likeness (QED) is 0.419. The van der Waals surface area contributed by atoms with E-state index in [9.17, 15) is 22.8 Å². The van der Waals surface area contributed by atoms with Gasteiger partial charge in [-0.05, 0) is 13.0 Å². The molecule has 4 heterocycles. The normalized spacial score (nSPS) is 12.5. The van der Waals surface area contributed by atoms with Crippen LogP contribution in [-0.2, 0) is 13.2 Å². The topological polar surface area (TPSA) is 128 Å². The summed E-state index contributed by atoms with van der Waals surface area (Å²) in [4.78, 5) is 45.4. The average molecular weight is 511 g/mol. The van der Waals surface area contributed by atoms with Crippen LogP contribution in [0.5, 0.6) is 0 Å². The van der Waals surface area contributed by atoms with E-state index in [0.29, 0.717) is 22.2 Å². The molecule has 0 aliphatic heterocycles. The number of rotatable bonds is 5. The van der Waals surface area contributed by atoms with Gasteiger partial charge in [0.2, 0.25) is 0 Å². The SMILES string of the molecule is CC(NC(=O)c1ncnc2c1ncn2C)c1ncc(C(=O)Nc2cc(C(F)(F)F)c(Cl)cn2)s1. The molecule has 1 atom stereocenters. The molecule has 0 bridgehead atoms. The molecule has 0 fully saturated rings. The largest absolute Gasteiger partial charge is 0.418 e. The molecule has 0 aliphatic rings. The van der Waals surface area contributed by atoms with Crippen LogP contribution in [0.2, 0.25) is 5.02 Å². The number of thiazole rings is 1. The first-order valence-corrected chi connectivity index (χ1v) is 10.7. The zero-order valence-electron chi connectivity index (χ0n) is 17.4. The van der Waals surface area contributed by atoms with Crippen LogP contribution in [0.3, 0.4) is 0 Å². The first-order valence-electron chi connectivity index (χ1n) is 9.47. The van der Waals surface area contributed by atoms with Crippen molar-refractivity contribution in [1.29, 1.82) is 0 Å². The molecule has 4 aromatic heterocycles. The van der Waals surface area contributed by atoms with E-state index in [4.69, 9.17) is 11.6 Å². The number of nitrogens with one attached hydrogen (secondary N) is 2. The molecule has 10 nitrogen and oxygen atoms in total. The molecule has 0 saturated carbocycles. The van der Waals surface area contributed by atoms with Crippen molar-refractivity contribution in [3.8, 4) is 0 Å². The van der Waals surface area contributed by atoms with Gasteiger partial charge < -0.3 is 15.2 Å². The summed E-state index contributed by atoms with van der Waals surface area (Å²) in [6, 6.07) is 0.0451. The molecule has 1 unspecified atom stereocenters. The van der Waals surface area contributed by atoms with Gasteiger partial charge in [-0.3, -0.25) is 9.59 Å². The van der Waals surface area contributed by atoms with E-state index in [0.717, 1.165) is 17.5 Å². The average Bonchev–Trinajstić information content (AvgIpc) is 3.42. The number of anilines is 1. The van der Waals surface area contributed by atoms with E-state index in [1.54, 1.807) is 18.5 Å². The molecule has 0 aromatic carbocycles. The summed E-state index contributed by atoms with van der Waals surface area (Å²) in [7, 11) is 1.73. The van der Waals surface area contributed by atoms with E-state index in [2.05, 4.69) is 35.6 Å². The van der Waals surface area contributed by atoms with Crippen LogP contribution in [0.25, 0.3) is 11.2 Å². The number of carbonyl (C=O) groups excluding carboxylic acids is 2. The van der Waals surface area contributed by atoms with Crippen molar-refractivity contribution in [3.05, 3.63) is 57.3 Å². The zero-order valence-corrected chi connectivity index (χ0v) is 19.0. The Kier molecular flexibility index (Phi) is 6.18. The van der Waals surface area contributed by atoms with Gasteiger partial charge >= 0.3 is 6.18 Å². The second-order valence-electron chi connectivity index (χ2n) is 7.01. The summed E-state index contributed by atoms with van der Waals surface area (Å²) in [6.45, 7) is 1.66. The van der Waals surface area contributed by atoms with Crippen LogP contribution in [0.4, 0.5) is 19.0 Å². The molecule has 0 aliphatic carbocycles. The monoisotopic (exact) mass is 510 g/mol. The van der Waals surface area contributed by atoms with Crippen molar-refractivity contribution >= 4 is 51.7 Å². The highest BCUT2D eigenvalue weighted by Gasteiger charge is 2.34. The number of amides is 2. The number of aryl methyl sites for hydroxylation is 1. The summed E-state index contributed by atoms with van der Waals surface area (Å²) >= 11 is 6.50. The van der Waals surface area contributed by atoms with Gasteiger partial charge in [0, 0.05) is 13.2 Å². The third kappa shape index (κ3) is 4.68. The number of nitrogens with zero attached hydrogens (tertiary/aromatic N) is 6. The van der Waals surface area contributed by atoms with Crippen LogP contribution in [0, 0.1) is 0 Å². The molecule has 4 rings (SSSR count). The van der Waals surface area contributed by atoms with Crippen molar-refractivity contribution in [2.45, 2.75) is 19.1 Å². The van der Waals surface area contributed by atoms with E-state index >= 15 is 0 Å². The Morgan fingerprint density at radius 3 is 2.62 bits per heavy atom. The van der Waals surface area contributed by atoms with Gasteiger partial charge in [0.25, 0.3) is 11.8 Å². The first kappa shape index (κ1) is 23.5. The minimum absolute atomic E-state index is 0.0845. The Morgan fingerprint density at radius 1 is 1.12 bits per heavy atom. The number of pyridine rings is 1. The van der Waals surface area contributed by atoms with Gasteiger partial charge in [0.15, 0.2) is 11.3 Å². The Hall–Kier alpha value is -3.65. The first-order chi connectivity index (χ1) is 16.0. The van der Waals surface area contributed by atoms with Crippen molar-refractivity contribution < 1.29 is 22.8 Å². The maximum atomic E-state index is 13.0. The summed E-state index contributed by atoms with van der Waals surface area (Å²) in [5.74, 6) is -1.54. The molecule has 34 heavy (non-hydrogen) atoms.